The highest BCUT2D eigenvalue weighted by atomic mass is 32.2. The first-order valence-corrected chi connectivity index (χ1v) is 17.1. The summed E-state index contributed by atoms with van der Waals surface area (Å²) >= 11 is 1.70. The lowest BCUT2D eigenvalue weighted by atomic mass is 9.87. The highest BCUT2D eigenvalue weighted by Crippen LogP contribution is 2.38. The molecule has 2 saturated heterocycles. The zero-order valence-electron chi connectivity index (χ0n) is 27.1. The maximum Gasteiger partial charge on any atom is 0.174 e. The molecule has 2 heterocycles. The minimum absolute atomic E-state index is 0.00838. The zero-order valence-corrected chi connectivity index (χ0v) is 27.9. The van der Waals surface area contributed by atoms with Crippen molar-refractivity contribution in [3.05, 3.63) is 58.2 Å². The summed E-state index contributed by atoms with van der Waals surface area (Å²) in [5, 5.41) is 0.383. The van der Waals surface area contributed by atoms with E-state index < -0.39 is 5.83 Å². The zero-order chi connectivity index (χ0) is 31.7. The second-order valence-corrected chi connectivity index (χ2v) is 13.3. The molecule has 2 aliphatic heterocycles. The summed E-state index contributed by atoms with van der Waals surface area (Å²) < 4.78 is 35.3. The number of allylic oxidation sites excluding steroid dienone is 3. The minimum Gasteiger partial charge on any atom is -0.355 e. The number of nitrogens with one attached hydrogen (secondary N) is 1. The first kappa shape index (κ1) is 34.3. The Bertz CT molecular complexity index is 1320. The fourth-order valence-electron chi connectivity index (χ4n) is 7.38. The largest absolute Gasteiger partial charge is 0.355 e. The minimum atomic E-state index is -0.607. The Morgan fingerprint density at radius 2 is 2.00 bits per heavy atom. The van der Waals surface area contributed by atoms with Gasteiger partial charge in [0.25, 0.3) is 0 Å². The number of nitrogens with zero attached hydrogens (tertiary/aromatic N) is 5. The van der Waals surface area contributed by atoms with Crippen LogP contribution < -0.4 is 4.72 Å². The molecule has 0 spiro atoms. The molecule has 240 valence electrons. The van der Waals surface area contributed by atoms with Crippen LogP contribution in [0, 0.1) is 0 Å². The van der Waals surface area contributed by atoms with Gasteiger partial charge < -0.3 is 4.90 Å². The molecule has 0 bridgehead atoms. The Kier molecular flexibility index (Phi) is 12.5. The van der Waals surface area contributed by atoms with E-state index in [4.69, 9.17) is 4.99 Å². The Morgan fingerprint density at radius 3 is 2.70 bits per heavy atom. The first-order chi connectivity index (χ1) is 21.3. The van der Waals surface area contributed by atoms with Crippen molar-refractivity contribution in [2.24, 2.45) is 15.0 Å². The Morgan fingerprint density at radius 1 is 1.18 bits per heavy atom. The maximum atomic E-state index is 16.9. The standard InChI is InChI=1S/C35H50F2N6S/c1-7-35(20-13-23-43(35)8-2)19-12-21-41-32(25(3)34(39-5)42-22-11-16-27(24-42)44-40-6)31(37)33(38-4)28-17-9-14-26-15-10-18-29(36)30(26)28/h9,14,17-18,27,40H,4-5,7-8,10-13,15-16,19-24H2,1-3,6H3/b33-31+,34-25+,41-32?. The molecule has 44 heavy (non-hydrogen) atoms. The van der Waals surface area contributed by atoms with Gasteiger partial charge in [-0.15, -0.1) is 0 Å². The maximum absolute atomic E-state index is 16.9. The van der Waals surface area contributed by atoms with Crippen molar-refractivity contribution >= 4 is 42.6 Å². The predicted molar refractivity (Wildman–Crippen MR) is 186 cm³/mol. The second-order valence-electron chi connectivity index (χ2n) is 12.0. The lowest BCUT2D eigenvalue weighted by molar-refractivity contribution is 0.126. The molecule has 2 atom stereocenters. The van der Waals surface area contributed by atoms with Crippen molar-refractivity contribution < 1.29 is 8.78 Å². The molecule has 3 aliphatic rings. The number of halogens is 2. The third kappa shape index (κ3) is 7.43. The number of fused-ring (bicyclic) bond motifs is 1. The van der Waals surface area contributed by atoms with Crippen LogP contribution in [0.2, 0.25) is 0 Å². The van der Waals surface area contributed by atoms with Crippen molar-refractivity contribution in [3.63, 3.8) is 0 Å². The van der Waals surface area contributed by atoms with Crippen LogP contribution in [0.15, 0.2) is 56.5 Å². The molecule has 1 aliphatic carbocycles. The molecule has 6 nitrogen and oxygen atoms in total. The fourth-order valence-corrected chi connectivity index (χ4v) is 8.26. The SMILES string of the molecule is C=N/C(=C(/C)C(=NCCCC1(CC)CCCN1CC)/C(F)=C(\N=C)c1cccc2c1C(F)=CCC2)N1CCCC(SNC)C1. The molecule has 0 saturated carbocycles. The van der Waals surface area contributed by atoms with E-state index in [0.717, 1.165) is 63.8 Å². The Labute approximate surface area is 267 Å². The summed E-state index contributed by atoms with van der Waals surface area (Å²) in [7, 11) is 1.93. The van der Waals surface area contributed by atoms with E-state index in [1.807, 2.05) is 26.1 Å². The van der Waals surface area contributed by atoms with Crippen LogP contribution in [0.4, 0.5) is 8.78 Å². The van der Waals surface area contributed by atoms with Crippen LogP contribution in [0.3, 0.4) is 0 Å². The molecule has 1 N–H and O–H groups in total. The molecule has 1 aromatic carbocycles. The number of likely N-dealkylation sites (tertiary alicyclic amines) is 2. The number of hydrogen-bond donors (Lipinski definition) is 1. The van der Waals surface area contributed by atoms with E-state index in [1.165, 1.54) is 12.8 Å². The third-order valence-corrected chi connectivity index (χ3v) is 10.6. The van der Waals surface area contributed by atoms with E-state index in [0.29, 0.717) is 47.2 Å². The summed E-state index contributed by atoms with van der Waals surface area (Å²) in [5.74, 6) is -0.328. The number of rotatable bonds is 14. The van der Waals surface area contributed by atoms with Crippen molar-refractivity contribution in [3.8, 4) is 0 Å². The molecule has 9 heteroatoms. The lowest BCUT2D eigenvalue weighted by Gasteiger charge is -2.37. The van der Waals surface area contributed by atoms with Crippen molar-refractivity contribution in [2.75, 3.05) is 39.8 Å². The van der Waals surface area contributed by atoms with Gasteiger partial charge in [-0.25, -0.2) is 13.8 Å². The molecule has 0 aromatic heterocycles. The average molecular weight is 625 g/mol. The van der Waals surface area contributed by atoms with Crippen LogP contribution >= 0.6 is 11.9 Å². The Hall–Kier alpha value is -2.62. The molecule has 2 fully saturated rings. The smallest absolute Gasteiger partial charge is 0.174 e. The van der Waals surface area contributed by atoms with Crippen molar-refractivity contribution in [1.82, 2.24) is 14.5 Å². The van der Waals surface area contributed by atoms with Crippen LogP contribution in [0.5, 0.6) is 0 Å². The lowest BCUT2D eigenvalue weighted by Crippen LogP contribution is -2.43. The van der Waals surface area contributed by atoms with E-state index in [1.54, 1.807) is 24.1 Å². The summed E-state index contributed by atoms with van der Waals surface area (Å²) in [6.45, 7) is 18.2. The van der Waals surface area contributed by atoms with Crippen LogP contribution in [0.1, 0.15) is 88.8 Å². The van der Waals surface area contributed by atoms with Crippen molar-refractivity contribution in [1.29, 1.82) is 0 Å². The molecule has 2 unspecified atom stereocenters. The quantitative estimate of drug-likeness (QED) is 0.129. The van der Waals surface area contributed by atoms with Gasteiger partial charge in [-0.05, 0) is 110 Å². The summed E-state index contributed by atoms with van der Waals surface area (Å²) in [5.41, 5.74) is 2.64. The molecule has 4 rings (SSSR count). The van der Waals surface area contributed by atoms with E-state index in [2.05, 4.69) is 51.8 Å². The van der Waals surface area contributed by atoms with Crippen LogP contribution in [-0.4, -0.2) is 79.5 Å². The molecule has 0 radical (unpaired) electrons. The van der Waals surface area contributed by atoms with Gasteiger partial charge in [-0.1, -0.05) is 44.0 Å². The van der Waals surface area contributed by atoms with Gasteiger partial charge >= 0.3 is 0 Å². The van der Waals surface area contributed by atoms with E-state index >= 15 is 8.78 Å². The van der Waals surface area contributed by atoms with Gasteiger partial charge in [0.1, 0.15) is 23.1 Å². The van der Waals surface area contributed by atoms with Gasteiger partial charge in [-0.2, -0.15) is 0 Å². The second kappa shape index (κ2) is 16.1. The van der Waals surface area contributed by atoms with Gasteiger partial charge in [0.2, 0.25) is 0 Å². The summed E-state index contributed by atoms with van der Waals surface area (Å²) in [4.78, 5) is 18.3. The Balaban J connectivity index is 1.76. The van der Waals surface area contributed by atoms with Crippen LogP contribution in [0.25, 0.3) is 11.5 Å². The van der Waals surface area contributed by atoms with E-state index in [9.17, 15) is 0 Å². The number of hydrogen-bond acceptors (Lipinski definition) is 7. The predicted octanol–water partition coefficient (Wildman–Crippen LogP) is 8.03. The molecule has 0 amide bonds. The molecular formula is C35H50F2N6S. The monoisotopic (exact) mass is 624 g/mol. The first-order valence-electron chi connectivity index (χ1n) is 16.2. The number of benzene rings is 1. The van der Waals surface area contributed by atoms with Gasteiger partial charge in [-0.3, -0.25) is 19.6 Å². The number of aryl methyl sites for hydroxylation is 1. The van der Waals surface area contributed by atoms with E-state index in [-0.39, 0.29) is 22.8 Å². The normalized spacial score (nSPS) is 24.0. The topological polar surface area (TPSA) is 55.6 Å². The number of piperidine rings is 1. The molecular weight excluding hydrogens is 574 g/mol. The molecule has 1 aromatic rings. The van der Waals surface area contributed by atoms with Gasteiger partial charge in [0, 0.05) is 47.1 Å². The number of aliphatic imine (C=N–C) groups is 3. The third-order valence-electron chi connectivity index (χ3n) is 9.61. The summed E-state index contributed by atoms with van der Waals surface area (Å²) in [6.07, 6.45) is 10.3. The average Bonchev–Trinajstić information content (AvgIpc) is 3.45. The van der Waals surface area contributed by atoms with Crippen LogP contribution in [-0.2, 0) is 6.42 Å². The fraction of sp³-hybridized carbons (Fsp3) is 0.571. The highest BCUT2D eigenvalue weighted by molar-refractivity contribution is 7.98. The summed E-state index contributed by atoms with van der Waals surface area (Å²) in [6, 6.07) is 5.45. The van der Waals surface area contributed by atoms with Gasteiger partial charge in [0.15, 0.2) is 5.83 Å². The van der Waals surface area contributed by atoms with Crippen molar-refractivity contribution in [2.45, 2.75) is 89.3 Å². The highest BCUT2D eigenvalue weighted by Gasteiger charge is 2.37. The van der Waals surface area contributed by atoms with Gasteiger partial charge in [0.05, 0.1) is 0 Å².